The van der Waals surface area contributed by atoms with Crippen LogP contribution >= 0.6 is 11.8 Å². The first kappa shape index (κ1) is 25.1. The van der Waals surface area contributed by atoms with E-state index in [1.54, 1.807) is 0 Å². The highest BCUT2D eigenvalue weighted by Crippen LogP contribution is 2.46. The molecule has 0 aromatic heterocycles. The van der Waals surface area contributed by atoms with E-state index < -0.39 is 28.9 Å². The molecule has 3 aromatic carbocycles. The molecule has 8 heteroatoms. The number of nitrogens with zero attached hydrogens (tertiary/aromatic N) is 2. The van der Waals surface area contributed by atoms with Gasteiger partial charge in [-0.3, -0.25) is 24.2 Å². The fourth-order valence-corrected chi connectivity index (χ4v) is 6.97. The zero-order chi connectivity index (χ0) is 27.1. The lowest BCUT2D eigenvalue weighted by molar-refractivity contribution is -0.165. The molecule has 0 aliphatic carbocycles. The topological polar surface area (TPSA) is 84.0 Å². The van der Waals surface area contributed by atoms with Crippen LogP contribution in [0.1, 0.15) is 36.5 Å². The van der Waals surface area contributed by atoms with Gasteiger partial charge in [-0.15, -0.1) is 11.8 Å². The summed E-state index contributed by atoms with van der Waals surface area (Å²) in [6.07, 6.45) is 0.217. The summed E-state index contributed by atoms with van der Waals surface area (Å²) in [5.74, 6) is -1.29. The number of thioether (sulfide) groups is 1. The molecule has 2 fully saturated rings. The smallest absolute Gasteiger partial charge is 0.356 e. The summed E-state index contributed by atoms with van der Waals surface area (Å²) in [5, 5.41) is -0.519. The molecule has 3 heterocycles. The molecule has 0 radical (unpaired) electrons. The molecule has 3 aromatic rings. The number of benzene rings is 3. The Morgan fingerprint density at radius 2 is 1.23 bits per heavy atom. The first-order chi connectivity index (χ1) is 18.9. The number of esters is 1. The first-order valence-electron chi connectivity index (χ1n) is 12.8. The number of imide groups is 1. The van der Waals surface area contributed by atoms with Gasteiger partial charge >= 0.3 is 5.97 Å². The number of ether oxygens (including phenoxy) is 1. The summed E-state index contributed by atoms with van der Waals surface area (Å²) in [5.41, 5.74) is 1.87. The van der Waals surface area contributed by atoms with Gasteiger partial charge < -0.3 is 4.74 Å². The third-order valence-electron chi connectivity index (χ3n) is 7.48. The van der Waals surface area contributed by atoms with E-state index in [9.17, 15) is 19.2 Å². The molecule has 6 rings (SSSR count). The van der Waals surface area contributed by atoms with Crippen molar-refractivity contribution in [2.75, 3.05) is 5.75 Å². The van der Waals surface area contributed by atoms with Gasteiger partial charge in [-0.05, 0) is 12.5 Å². The zero-order valence-corrected chi connectivity index (χ0v) is 22.1. The molecule has 2 atom stereocenters. The number of fused-ring (bicyclic) bond motifs is 1. The maximum atomic E-state index is 14.2. The summed E-state index contributed by atoms with van der Waals surface area (Å²) in [4.78, 5) is 54.9. The van der Waals surface area contributed by atoms with Gasteiger partial charge in [0, 0.05) is 35.3 Å². The van der Waals surface area contributed by atoms with E-state index in [4.69, 9.17) is 4.74 Å². The minimum Gasteiger partial charge on any atom is -0.440 e. The molecule has 39 heavy (non-hydrogen) atoms. The molecule has 2 unspecified atom stereocenters. The Morgan fingerprint density at radius 3 is 1.69 bits per heavy atom. The summed E-state index contributed by atoms with van der Waals surface area (Å²) >= 11 is 1.45. The van der Waals surface area contributed by atoms with Crippen LogP contribution in [0, 0.1) is 0 Å². The first-order valence-corrected chi connectivity index (χ1v) is 13.9. The number of likely N-dealkylation sites (tertiary alicyclic amines) is 1. The van der Waals surface area contributed by atoms with E-state index >= 15 is 0 Å². The molecule has 3 aliphatic heterocycles. The number of rotatable bonds is 6. The Morgan fingerprint density at radius 1 is 0.769 bits per heavy atom. The third kappa shape index (κ3) is 3.98. The van der Waals surface area contributed by atoms with Crippen molar-refractivity contribution in [3.8, 4) is 0 Å². The monoisotopic (exact) mass is 538 g/mol. The van der Waals surface area contributed by atoms with Crippen LogP contribution in [0.2, 0.25) is 0 Å². The van der Waals surface area contributed by atoms with E-state index in [1.807, 2.05) is 97.9 Å². The van der Waals surface area contributed by atoms with Crippen molar-refractivity contribution in [1.29, 1.82) is 0 Å². The maximum absolute atomic E-state index is 14.2. The van der Waals surface area contributed by atoms with Gasteiger partial charge in [-0.25, -0.2) is 4.79 Å². The Kier molecular flexibility index (Phi) is 6.35. The predicted molar refractivity (Wildman–Crippen MR) is 146 cm³/mol. The minimum atomic E-state index is -1.29. The second-order valence-electron chi connectivity index (χ2n) is 9.81. The second-order valence-corrected chi connectivity index (χ2v) is 10.9. The fourth-order valence-electron chi connectivity index (χ4n) is 5.63. The van der Waals surface area contributed by atoms with Crippen molar-refractivity contribution in [2.45, 2.75) is 36.8 Å². The van der Waals surface area contributed by atoms with Crippen molar-refractivity contribution < 1.29 is 23.9 Å². The van der Waals surface area contributed by atoms with Crippen LogP contribution in [0.25, 0.3) is 0 Å². The SMILES string of the molecule is CC1=C(C(=O)OC(c2ccccc2)(c2ccccc2)c2ccccc2)N2C(=O)C(N3C(=O)CCC3=O)C2SC1. The third-order valence-corrected chi connectivity index (χ3v) is 8.89. The summed E-state index contributed by atoms with van der Waals surface area (Å²) in [6, 6.07) is 27.7. The van der Waals surface area contributed by atoms with E-state index in [1.165, 1.54) is 16.7 Å². The van der Waals surface area contributed by atoms with Crippen molar-refractivity contribution in [2.24, 2.45) is 0 Å². The van der Waals surface area contributed by atoms with Crippen LogP contribution in [0.15, 0.2) is 102 Å². The average molecular weight is 539 g/mol. The zero-order valence-electron chi connectivity index (χ0n) is 21.3. The molecular formula is C31H26N2O5S. The van der Waals surface area contributed by atoms with E-state index in [-0.39, 0.29) is 30.4 Å². The minimum absolute atomic E-state index is 0.109. The Hall–Kier alpha value is -4.17. The van der Waals surface area contributed by atoms with Crippen LogP contribution in [0.3, 0.4) is 0 Å². The van der Waals surface area contributed by atoms with Gasteiger partial charge in [0.05, 0.1) is 0 Å². The van der Waals surface area contributed by atoms with Crippen LogP contribution in [0.5, 0.6) is 0 Å². The van der Waals surface area contributed by atoms with Gasteiger partial charge in [-0.2, -0.15) is 0 Å². The number of hydrogen-bond acceptors (Lipinski definition) is 6. The number of carbonyl (C=O) groups excluding carboxylic acids is 4. The van der Waals surface area contributed by atoms with Crippen molar-refractivity contribution in [3.05, 3.63) is 119 Å². The lowest BCUT2D eigenvalue weighted by Gasteiger charge is -2.52. The number of carbonyl (C=O) groups is 4. The molecule has 196 valence electrons. The van der Waals surface area contributed by atoms with Crippen LogP contribution in [-0.4, -0.2) is 50.7 Å². The molecule has 3 aliphatic rings. The van der Waals surface area contributed by atoms with Crippen molar-refractivity contribution >= 4 is 35.5 Å². The van der Waals surface area contributed by atoms with Gasteiger partial charge in [0.1, 0.15) is 17.1 Å². The van der Waals surface area contributed by atoms with E-state index in [0.717, 1.165) is 21.6 Å². The van der Waals surface area contributed by atoms with E-state index in [0.29, 0.717) is 11.3 Å². The average Bonchev–Trinajstić information content (AvgIpc) is 3.30. The van der Waals surface area contributed by atoms with Crippen molar-refractivity contribution in [1.82, 2.24) is 9.80 Å². The second kappa shape index (κ2) is 9.85. The largest absolute Gasteiger partial charge is 0.440 e. The standard InChI is InChI=1S/C31H26N2O5S/c1-20-19-39-29-27(32-24(34)17-18-25(32)35)28(36)33(29)26(20)30(37)38-31(21-11-5-2-6-12-21,22-13-7-3-8-14-22)23-15-9-4-10-16-23/h2-16,27,29H,17-19H2,1H3. The molecule has 0 saturated carbocycles. The molecular weight excluding hydrogens is 512 g/mol. The van der Waals surface area contributed by atoms with Gasteiger partial charge in [0.15, 0.2) is 5.60 Å². The predicted octanol–water partition coefficient (Wildman–Crippen LogP) is 4.23. The van der Waals surface area contributed by atoms with Crippen LogP contribution in [-0.2, 0) is 29.5 Å². The van der Waals surface area contributed by atoms with Gasteiger partial charge in [0.25, 0.3) is 5.91 Å². The molecule has 0 spiro atoms. The summed E-state index contributed by atoms with van der Waals surface area (Å²) < 4.78 is 6.56. The number of amides is 3. The van der Waals surface area contributed by atoms with E-state index in [2.05, 4.69) is 0 Å². The lowest BCUT2D eigenvalue weighted by atomic mass is 9.80. The van der Waals surface area contributed by atoms with Gasteiger partial charge in [-0.1, -0.05) is 91.0 Å². The Bertz CT molecular complexity index is 1380. The molecule has 7 nitrogen and oxygen atoms in total. The highest BCUT2D eigenvalue weighted by atomic mass is 32.2. The van der Waals surface area contributed by atoms with Crippen LogP contribution < -0.4 is 0 Å². The van der Waals surface area contributed by atoms with Gasteiger partial charge in [0.2, 0.25) is 11.8 Å². The Labute approximate surface area is 230 Å². The van der Waals surface area contributed by atoms with Crippen molar-refractivity contribution in [3.63, 3.8) is 0 Å². The fraction of sp³-hybridized carbons (Fsp3) is 0.226. The molecule has 2 saturated heterocycles. The Balaban J connectivity index is 1.42. The molecule has 0 bridgehead atoms. The number of β-lactam (4-membered cyclic amide) rings is 1. The lowest BCUT2D eigenvalue weighted by Crippen LogP contribution is -2.71. The highest BCUT2D eigenvalue weighted by molar-refractivity contribution is 8.00. The quantitative estimate of drug-likeness (QED) is 0.202. The number of hydrogen-bond donors (Lipinski definition) is 0. The normalized spacial score (nSPS) is 21.1. The van der Waals surface area contributed by atoms with Crippen LogP contribution in [0.4, 0.5) is 0 Å². The summed E-state index contributed by atoms with van der Waals surface area (Å²) in [6.45, 7) is 1.81. The summed E-state index contributed by atoms with van der Waals surface area (Å²) in [7, 11) is 0. The molecule has 3 amide bonds. The molecule has 0 N–H and O–H groups in total. The highest BCUT2D eigenvalue weighted by Gasteiger charge is 2.59. The maximum Gasteiger partial charge on any atom is 0.356 e.